The fourth-order valence-corrected chi connectivity index (χ4v) is 2.22. The SMILES string of the molecule is CC(C)(C)c1nc(N)n(C(=O)O)c1-c1ccc(F)c([N+](=O)[O-])c1. The van der Waals surface area contributed by atoms with Crippen LogP contribution in [0, 0.1) is 15.9 Å². The van der Waals surface area contributed by atoms with E-state index in [-0.39, 0.29) is 17.2 Å². The van der Waals surface area contributed by atoms with Crippen molar-refractivity contribution in [3.05, 3.63) is 39.8 Å². The van der Waals surface area contributed by atoms with Crippen LogP contribution in [0.5, 0.6) is 0 Å². The molecular formula is C14H15FN4O4. The van der Waals surface area contributed by atoms with Crippen LogP contribution in [-0.2, 0) is 5.41 Å². The van der Waals surface area contributed by atoms with Gasteiger partial charge in [-0.2, -0.15) is 4.39 Å². The molecular weight excluding hydrogens is 307 g/mol. The minimum Gasteiger partial charge on any atom is -0.464 e. The molecule has 2 aromatic rings. The molecule has 0 amide bonds. The minimum atomic E-state index is -1.38. The van der Waals surface area contributed by atoms with Crippen molar-refractivity contribution in [2.75, 3.05) is 5.73 Å². The fraction of sp³-hybridized carbons (Fsp3) is 0.286. The zero-order valence-corrected chi connectivity index (χ0v) is 12.7. The Balaban J connectivity index is 2.84. The highest BCUT2D eigenvalue weighted by atomic mass is 19.1. The maximum Gasteiger partial charge on any atom is 0.418 e. The van der Waals surface area contributed by atoms with Gasteiger partial charge < -0.3 is 10.8 Å². The quantitative estimate of drug-likeness (QED) is 0.647. The smallest absolute Gasteiger partial charge is 0.418 e. The topological polar surface area (TPSA) is 124 Å². The van der Waals surface area contributed by atoms with Crippen molar-refractivity contribution < 1.29 is 19.2 Å². The lowest BCUT2D eigenvalue weighted by molar-refractivity contribution is -0.387. The van der Waals surface area contributed by atoms with E-state index in [1.807, 2.05) is 0 Å². The van der Waals surface area contributed by atoms with Crippen LogP contribution < -0.4 is 5.73 Å². The molecule has 23 heavy (non-hydrogen) atoms. The van der Waals surface area contributed by atoms with Gasteiger partial charge in [0.1, 0.15) is 0 Å². The Hall–Kier alpha value is -2.97. The highest BCUT2D eigenvalue weighted by molar-refractivity contribution is 5.82. The van der Waals surface area contributed by atoms with E-state index in [0.717, 1.165) is 16.7 Å². The standard InChI is InChI=1S/C14H15FN4O4/c1-14(2,3)11-10(18(13(20)21)12(16)17-11)7-4-5-8(15)9(6-7)19(22)23/h4-6H,1-3H3,(H2,16,17)(H,20,21). The number of anilines is 1. The van der Waals surface area contributed by atoms with Crippen LogP contribution in [0.1, 0.15) is 26.5 Å². The van der Waals surface area contributed by atoms with E-state index in [4.69, 9.17) is 5.73 Å². The predicted octanol–water partition coefficient (Wildman–Crippen LogP) is 3.00. The zero-order chi connectivity index (χ0) is 17.5. The van der Waals surface area contributed by atoms with Crippen molar-refractivity contribution in [1.82, 2.24) is 9.55 Å². The van der Waals surface area contributed by atoms with Crippen molar-refractivity contribution in [3.63, 3.8) is 0 Å². The molecule has 8 nitrogen and oxygen atoms in total. The molecule has 122 valence electrons. The number of nitro benzene ring substituents is 1. The summed E-state index contributed by atoms with van der Waals surface area (Å²) < 4.78 is 14.3. The lowest BCUT2D eigenvalue weighted by atomic mass is 9.89. The number of nitrogens with zero attached hydrogens (tertiary/aromatic N) is 3. The summed E-state index contributed by atoms with van der Waals surface area (Å²) in [4.78, 5) is 25.6. The molecule has 3 N–H and O–H groups in total. The number of hydrogen-bond donors (Lipinski definition) is 2. The van der Waals surface area contributed by atoms with Crippen molar-refractivity contribution >= 4 is 17.7 Å². The zero-order valence-electron chi connectivity index (χ0n) is 12.7. The van der Waals surface area contributed by atoms with Gasteiger partial charge in [-0.05, 0) is 12.1 Å². The first-order valence-electron chi connectivity index (χ1n) is 6.60. The van der Waals surface area contributed by atoms with Gasteiger partial charge in [0.2, 0.25) is 11.8 Å². The van der Waals surface area contributed by atoms with E-state index >= 15 is 0 Å². The van der Waals surface area contributed by atoms with Crippen molar-refractivity contribution in [3.8, 4) is 11.3 Å². The van der Waals surface area contributed by atoms with Crippen molar-refractivity contribution in [2.24, 2.45) is 0 Å². The average molecular weight is 322 g/mol. The molecule has 1 aromatic heterocycles. The number of rotatable bonds is 2. The number of halogens is 1. The summed E-state index contributed by atoms with van der Waals surface area (Å²) in [6, 6.07) is 3.14. The van der Waals surface area contributed by atoms with Crippen LogP contribution in [-0.4, -0.2) is 25.7 Å². The number of nitro groups is 1. The second-order valence-corrected chi connectivity index (χ2v) is 5.96. The molecule has 0 atom stereocenters. The van der Waals surface area contributed by atoms with Crippen LogP contribution in [0.2, 0.25) is 0 Å². The molecule has 0 aliphatic carbocycles. The number of benzene rings is 1. The Morgan fingerprint density at radius 2 is 2.04 bits per heavy atom. The molecule has 0 radical (unpaired) electrons. The normalized spacial score (nSPS) is 11.5. The Bertz CT molecular complexity index is 808. The fourth-order valence-electron chi connectivity index (χ4n) is 2.22. The molecule has 1 aromatic carbocycles. The number of nitrogens with two attached hydrogens (primary N) is 1. The summed E-state index contributed by atoms with van der Waals surface area (Å²) in [5.74, 6) is -1.27. The van der Waals surface area contributed by atoms with Gasteiger partial charge >= 0.3 is 11.8 Å². The number of aromatic nitrogens is 2. The predicted molar refractivity (Wildman–Crippen MR) is 80.8 cm³/mol. The van der Waals surface area contributed by atoms with E-state index in [2.05, 4.69) is 4.98 Å². The van der Waals surface area contributed by atoms with Gasteiger partial charge in [-0.25, -0.2) is 14.3 Å². The number of carboxylic acid groups (broad SMARTS) is 1. The molecule has 0 aliphatic heterocycles. The lowest BCUT2D eigenvalue weighted by Gasteiger charge is -2.18. The third kappa shape index (κ3) is 2.85. The summed E-state index contributed by atoms with van der Waals surface area (Å²) in [6.07, 6.45) is -1.38. The summed E-state index contributed by atoms with van der Waals surface area (Å²) >= 11 is 0. The molecule has 1 heterocycles. The second-order valence-electron chi connectivity index (χ2n) is 5.96. The van der Waals surface area contributed by atoms with Gasteiger partial charge in [0, 0.05) is 17.0 Å². The first-order valence-corrected chi connectivity index (χ1v) is 6.60. The Labute approximate surface area is 130 Å². The molecule has 2 rings (SSSR count). The highest BCUT2D eigenvalue weighted by Gasteiger charge is 2.30. The molecule has 0 bridgehead atoms. The first kappa shape index (κ1) is 16.4. The van der Waals surface area contributed by atoms with Gasteiger partial charge in [0.25, 0.3) is 0 Å². The van der Waals surface area contributed by atoms with Crippen LogP contribution in [0.4, 0.5) is 20.8 Å². The monoisotopic (exact) mass is 322 g/mol. The van der Waals surface area contributed by atoms with E-state index < -0.39 is 27.9 Å². The molecule has 0 unspecified atom stereocenters. The third-order valence-electron chi connectivity index (χ3n) is 3.22. The minimum absolute atomic E-state index is 0.0885. The number of imidazole rings is 1. The van der Waals surface area contributed by atoms with Gasteiger partial charge in [0.15, 0.2) is 0 Å². The van der Waals surface area contributed by atoms with Gasteiger partial charge in [-0.3, -0.25) is 10.1 Å². The second kappa shape index (κ2) is 5.34. The van der Waals surface area contributed by atoms with Gasteiger partial charge in [0.05, 0.1) is 16.3 Å². The van der Waals surface area contributed by atoms with Crippen molar-refractivity contribution in [1.29, 1.82) is 0 Å². The van der Waals surface area contributed by atoms with E-state index in [1.54, 1.807) is 20.8 Å². The Morgan fingerprint density at radius 3 is 2.52 bits per heavy atom. The first-order chi connectivity index (χ1) is 10.5. The molecule has 9 heteroatoms. The summed E-state index contributed by atoms with van der Waals surface area (Å²) in [6.45, 7) is 5.38. The van der Waals surface area contributed by atoms with Gasteiger partial charge in [-0.15, -0.1) is 0 Å². The third-order valence-corrected chi connectivity index (χ3v) is 3.22. The highest BCUT2D eigenvalue weighted by Crippen LogP contribution is 2.36. The maximum absolute atomic E-state index is 13.5. The van der Waals surface area contributed by atoms with Crippen LogP contribution in [0.3, 0.4) is 0 Å². The summed E-state index contributed by atoms with van der Waals surface area (Å²) in [5.41, 5.74) is 4.92. The largest absolute Gasteiger partial charge is 0.464 e. The average Bonchev–Trinajstić information content (AvgIpc) is 2.76. The van der Waals surface area contributed by atoms with Gasteiger partial charge in [-0.1, -0.05) is 20.8 Å². The molecule has 0 spiro atoms. The molecule has 0 fully saturated rings. The van der Waals surface area contributed by atoms with Crippen molar-refractivity contribution in [2.45, 2.75) is 26.2 Å². The van der Waals surface area contributed by atoms with Crippen LogP contribution >= 0.6 is 0 Å². The van der Waals surface area contributed by atoms with E-state index in [0.29, 0.717) is 5.69 Å². The molecule has 0 saturated carbocycles. The number of hydrogen-bond acceptors (Lipinski definition) is 5. The van der Waals surface area contributed by atoms with Crippen LogP contribution in [0.25, 0.3) is 11.3 Å². The molecule has 0 saturated heterocycles. The van der Waals surface area contributed by atoms with E-state index in [1.165, 1.54) is 6.07 Å². The molecule has 0 aliphatic rings. The Kier molecular flexibility index (Phi) is 3.81. The number of nitrogen functional groups attached to an aromatic ring is 1. The lowest BCUT2D eigenvalue weighted by Crippen LogP contribution is -2.16. The number of carbonyl (C=O) groups is 1. The summed E-state index contributed by atoms with van der Waals surface area (Å²) in [7, 11) is 0. The van der Waals surface area contributed by atoms with E-state index in [9.17, 15) is 24.4 Å². The summed E-state index contributed by atoms with van der Waals surface area (Å²) in [5, 5.41) is 20.3. The van der Waals surface area contributed by atoms with Crippen LogP contribution in [0.15, 0.2) is 18.2 Å². The Morgan fingerprint density at radius 1 is 1.43 bits per heavy atom. The maximum atomic E-state index is 13.5.